The number of hydrogen-bond donors (Lipinski definition) is 3. The highest BCUT2D eigenvalue weighted by molar-refractivity contribution is 7.86. The molecule has 1 aromatic carbocycles. The maximum absolute atomic E-state index is 12.1. The van der Waals surface area contributed by atoms with E-state index in [0.29, 0.717) is 0 Å². The largest absolute Gasteiger partial charge is 0.388 e. The van der Waals surface area contributed by atoms with Gasteiger partial charge in [0.1, 0.15) is 18.3 Å². The highest BCUT2D eigenvalue weighted by Gasteiger charge is 2.43. The molecule has 1 heterocycles. The molecule has 1 aliphatic heterocycles. The van der Waals surface area contributed by atoms with Crippen molar-refractivity contribution >= 4 is 10.1 Å². The normalized spacial score (nSPS) is 32.0. The smallest absolute Gasteiger partial charge is 0.297 e. The summed E-state index contributed by atoms with van der Waals surface area (Å²) in [5.74, 6) is 0. The molecule has 1 saturated heterocycles. The van der Waals surface area contributed by atoms with Crippen LogP contribution in [-0.4, -0.2) is 63.0 Å². The molecule has 1 aliphatic rings. The van der Waals surface area contributed by atoms with Crippen LogP contribution in [0, 0.1) is 6.92 Å². The zero-order valence-corrected chi connectivity index (χ0v) is 13.6. The Hall–Kier alpha value is -1.07. The van der Waals surface area contributed by atoms with Crippen molar-refractivity contribution in [2.24, 2.45) is 5.73 Å². The molecule has 0 saturated carbocycles. The summed E-state index contributed by atoms with van der Waals surface area (Å²) in [4.78, 5) is -0.00561. The molecule has 8 nitrogen and oxygen atoms in total. The molecule has 5 atom stereocenters. The number of rotatable bonds is 5. The van der Waals surface area contributed by atoms with E-state index in [-0.39, 0.29) is 4.90 Å². The fraction of sp³-hybridized carbons (Fsp3) is 0.571. The Kier molecular flexibility index (Phi) is 5.74. The minimum absolute atomic E-state index is 0.00561. The third-order valence-electron chi connectivity index (χ3n) is 3.68. The topological polar surface area (TPSA) is 128 Å². The molecule has 0 amide bonds. The number of methoxy groups -OCH3 is 1. The lowest BCUT2D eigenvalue weighted by atomic mass is 9.98. The number of nitrogens with two attached hydrogens (primary N) is 1. The summed E-state index contributed by atoms with van der Waals surface area (Å²) in [6, 6.07) is 5.19. The van der Waals surface area contributed by atoms with Gasteiger partial charge >= 0.3 is 0 Å². The Morgan fingerprint density at radius 2 is 1.83 bits per heavy atom. The van der Waals surface area contributed by atoms with Crippen LogP contribution in [0.5, 0.6) is 0 Å². The standard InChI is InChI=1S/C14H21NO7S/c1-8-3-5-9(6-4-8)23(18,19)21-7-10-12(16)13(17)11(15)14(20-2)22-10/h3-6,10-14,16-17H,7,15H2,1-2H3/t10-,11+,12+,13-,14-/m1/s1. The Bertz CT molecular complexity index is 617. The Morgan fingerprint density at radius 3 is 2.39 bits per heavy atom. The number of benzene rings is 1. The van der Waals surface area contributed by atoms with Crippen molar-refractivity contribution in [1.29, 1.82) is 0 Å². The van der Waals surface area contributed by atoms with Crippen LogP contribution in [-0.2, 0) is 23.8 Å². The van der Waals surface area contributed by atoms with Gasteiger partial charge in [0, 0.05) is 7.11 Å². The van der Waals surface area contributed by atoms with Crippen LogP contribution < -0.4 is 5.73 Å². The lowest BCUT2D eigenvalue weighted by molar-refractivity contribution is -0.256. The predicted octanol–water partition coefficient (Wildman–Crippen LogP) is -0.879. The van der Waals surface area contributed by atoms with Crippen molar-refractivity contribution in [2.75, 3.05) is 13.7 Å². The maximum atomic E-state index is 12.1. The quantitative estimate of drug-likeness (QED) is 0.586. The van der Waals surface area contributed by atoms with E-state index in [2.05, 4.69) is 0 Å². The van der Waals surface area contributed by atoms with E-state index in [0.717, 1.165) is 5.56 Å². The van der Waals surface area contributed by atoms with Crippen molar-refractivity contribution in [2.45, 2.75) is 42.5 Å². The van der Waals surface area contributed by atoms with E-state index in [1.807, 2.05) is 6.92 Å². The molecule has 23 heavy (non-hydrogen) atoms. The second kappa shape index (κ2) is 7.22. The van der Waals surface area contributed by atoms with E-state index < -0.39 is 47.4 Å². The highest BCUT2D eigenvalue weighted by atomic mass is 32.2. The zero-order chi connectivity index (χ0) is 17.2. The fourth-order valence-corrected chi connectivity index (χ4v) is 3.15. The van der Waals surface area contributed by atoms with Crippen molar-refractivity contribution in [3.8, 4) is 0 Å². The van der Waals surface area contributed by atoms with Crippen LogP contribution in [0.2, 0.25) is 0 Å². The minimum atomic E-state index is -4.00. The molecule has 0 radical (unpaired) electrons. The number of hydrogen-bond acceptors (Lipinski definition) is 8. The highest BCUT2D eigenvalue weighted by Crippen LogP contribution is 2.22. The molecule has 0 bridgehead atoms. The molecule has 0 unspecified atom stereocenters. The first-order chi connectivity index (χ1) is 10.8. The average molecular weight is 347 g/mol. The van der Waals surface area contributed by atoms with E-state index in [9.17, 15) is 18.6 Å². The summed E-state index contributed by atoms with van der Waals surface area (Å²) in [6.07, 6.45) is -4.76. The summed E-state index contributed by atoms with van der Waals surface area (Å²) in [7, 11) is -2.67. The van der Waals surface area contributed by atoms with Gasteiger partial charge in [0.25, 0.3) is 10.1 Å². The zero-order valence-electron chi connectivity index (χ0n) is 12.8. The molecular formula is C14H21NO7S. The minimum Gasteiger partial charge on any atom is -0.388 e. The van der Waals surface area contributed by atoms with Gasteiger partial charge in [0.2, 0.25) is 0 Å². The van der Waals surface area contributed by atoms with Crippen LogP contribution in [0.25, 0.3) is 0 Å². The molecule has 2 rings (SSSR count). The van der Waals surface area contributed by atoms with Crippen LogP contribution in [0.4, 0.5) is 0 Å². The molecule has 1 fully saturated rings. The SMILES string of the molecule is CO[C@@H]1O[C@H](COS(=O)(=O)c2ccc(C)cc2)[C@H](O)[C@H](O)[C@@H]1N. The van der Waals surface area contributed by atoms with Gasteiger partial charge in [-0.1, -0.05) is 17.7 Å². The lowest BCUT2D eigenvalue weighted by Crippen LogP contribution is -2.62. The van der Waals surface area contributed by atoms with Crippen molar-refractivity contribution in [1.82, 2.24) is 0 Å². The Labute approximate surface area is 134 Å². The monoisotopic (exact) mass is 347 g/mol. The predicted molar refractivity (Wildman–Crippen MR) is 80.0 cm³/mol. The Balaban J connectivity index is 2.05. The van der Waals surface area contributed by atoms with Crippen molar-refractivity contribution in [3.05, 3.63) is 29.8 Å². The third-order valence-corrected chi connectivity index (χ3v) is 4.97. The number of aryl methyl sites for hydroxylation is 1. The molecule has 0 aromatic heterocycles. The van der Waals surface area contributed by atoms with Gasteiger partial charge in [0.15, 0.2) is 6.29 Å². The number of ether oxygens (including phenoxy) is 2. The van der Waals surface area contributed by atoms with Crippen LogP contribution in [0.3, 0.4) is 0 Å². The summed E-state index contributed by atoms with van der Waals surface area (Å²) >= 11 is 0. The first kappa shape index (κ1) is 18.3. The van der Waals surface area contributed by atoms with Crippen molar-refractivity contribution < 1.29 is 32.3 Å². The van der Waals surface area contributed by atoms with Crippen LogP contribution >= 0.6 is 0 Å². The molecule has 9 heteroatoms. The molecule has 4 N–H and O–H groups in total. The fourth-order valence-electron chi connectivity index (χ4n) is 2.23. The molecule has 130 valence electrons. The Morgan fingerprint density at radius 1 is 1.22 bits per heavy atom. The van der Waals surface area contributed by atoms with Gasteiger partial charge in [0.05, 0.1) is 17.5 Å². The first-order valence-corrected chi connectivity index (χ1v) is 8.43. The molecular weight excluding hydrogens is 326 g/mol. The van der Waals surface area contributed by atoms with Crippen LogP contribution in [0.15, 0.2) is 29.2 Å². The number of aliphatic hydroxyl groups is 2. The first-order valence-electron chi connectivity index (χ1n) is 7.02. The van der Waals surface area contributed by atoms with E-state index >= 15 is 0 Å². The second-order valence-corrected chi connectivity index (χ2v) is 7.00. The maximum Gasteiger partial charge on any atom is 0.297 e. The van der Waals surface area contributed by atoms with Gasteiger partial charge < -0.3 is 25.4 Å². The van der Waals surface area contributed by atoms with Crippen LogP contribution in [0.1, 0.15) is 5.56 Å². The van der Waals surface area contributed by atoms with Gasteiger partial charge in [-0.15, -0.1) is 0 Å². The third kappa shape index (κ3) is 4.07. The van der Waals surface area contributed by atoms with E-state index in [4.69, 9.17) is 19.4 Å². The number of aliphatic hydroxyl groups excluding tert-OH is 2. The average Bonchev–Trinajstić information content (AvgIpc) is 2.52. The van der Waals surface area contributed by atoms with Crippen molar-refractivity contribution in [3.63, 3.8) is 0 Å². The summed E-state index contributed by atoms with van der Waals surface area (Å²) in [6.45, 7) is 1.36. The van der Waals surface area contributed by atoms with E-state index in [1.54, 1.807) is 12.1 Å². The van der Waals surface area contributed by atoms with Gasteiger partial charge in [-0.3, -0.25) is 4.18 Å². The molecule has 0 spiro atoms. The van der Waals surface area contributed by atoms with E-state index in [1.165, 1.54) is 19.2 Å². The van der Waals surface area contributed by atoms with Gasteiger partial charge in [-0.05, 0) is 19.1 Å². The summed E-state index contributed by atoms with van der Waals surface area (Å²) in [5.41, 5.74) is 6.57. The molecule has 0 aliphatic carbocycles. The van der Waals surface area contributed by atoms with Gasteiger partial charge in [-0.25, -0.2) is 0 Å². The second-order valence-electron chi connectivity index (χ2n) is 5.39. The summed E-state index contributed by atoms with van der Waals surface area (Å²) < 4.78 is 39.4. The summed E-state index contributed by atoms with van der Waals surface area (Å²) in [5, 5.41) is 19.8. The lowest BCUT2D eigenvalue weighted by Gasteiger charge is -2.40. The van der Waals surface area contributed by atoms with Gasteiger partial charge in [-0.2, -0.15) is 8.42 Å². The molecule has 1 aromatic rings.